The summed E-state index contributed by atoms with van der Waals surface area (Å²) < 4.78 is 16.4. The van der Waals surface area contributed by atoms with Gasteiger partial charge < -0.3 is 0 Å². The smallest absolute Gasteiger partial charge is 0.298 e. The molecular formula is C11H14ClN2OP. The first-order chi connectivity index (χ1) is 7.69. The molecule has 0 amide bonds. The number of hydrogen-bond acceptors (Lipinski definition) is 1. The molecule has 0 aromatic heterocycles. The number of para-hydroxylation sites is 1. The van der Waals surface area contributed by atoms with Gasteiger partial charge in [-0.15, -0.1) is 0 Å². The van der Waals surface area contributed by atoms with E-state index in [9.17, 15) is 4.57 Å². The van der Waals surface area contributed by atoms with Gasteiger partial charge in [0, 0.05) is 24.8 Å². The zero-order valence-corrected chi connectivity index (χ0v) is 10.6. The van der Waals surface area contributed by atoms with Crippen LogP contribution in [-0.2, 0) is 4.57 Å². The maximum atomic E-state index is 12.6. The zero-order valence-electron chi connectivity index (χ0n) is 8.92. The van der Waals surface area contributed by atoms with E-state index in [0.29, 0.717) is 6.04 Å². The summed E-state index contributed by atoms with van der Waals surface area (Å²) in [5, 5.41) is 0. The van der Waals surface area contributed by atoms with Gasteiger partial charge in [-0.25, -0.2) is 4.67 Å². The van der Waals surface area contributed by atoms with Crippen molar-refractivity contribution in [2.24, 2.45) is 0 Å². The molecule has 0 radical (unpaired) electrons. The summed E-state index contributed by atoms with van der Waals surface area (Å²) in [6.45, 7) is -1.17. The van der Waals surface area contributed by atoms with Crippen LogP contribution < -0.4 is 4.67 Å². The third-order valence-electron chi connectivity index (χ3n) is 3.40. The Morgan fingerprint density at radius 3 is 2.75 bits per heavy atom. The second kappa shape index (κ2) is 3.76. The van der Waals surface area contributed by atoms with Gasteiger partial charge in [-0.05, 0) is 36.2 Å². The van der Waals surface area contributed by atoms with E-state index in [1.807, 2.05) is 39.7 Å². The Morgan fingerprint density at radius 2 is 2.06 bits per heavy atom. The third-order valence-corrected chi connectivity index (χ3v) is 6.68. The van der Waals surface area contributed by atoms with E-state index in [2.05, 4.69) is 0 Å². The molecule has 1 aromatic carbocycles. The predicted molar refractivity (Wildman–Crippen MR) is 67.0 cm³/mol. The van der Waals surface area contributed by atoms with Gasteiger partial charge in [-0.1, -0.05) is 18.2 Å². The molecule has 2 heterocycles. The van der Waals surface area contributed by atoms with E-state index < -0.39 is 6.80 Å². The maximum absolute atomic E-state index is 12.6. The SMILES string of the molecule is O=P1(Cl)N(c2ccccc2)C[C@@H]2CCCN21. The fourth-order valence-electron chi connectivity index (χ4n) is 2.62. The van der Waals surface area contributed by atoms with Gasteiger partial charge in [0.1, 0.15) is 0 Å². The molecule has 0 bridgehead atoms. The molecule has 16 heavy (non-hydrogen) atoms. The van der Waals surface area contributed by atoms with Crippen LogP contribution in [0.25, 0.3) is 0 Å². The summed E-state index contributed by atoms with van der Waals surface area (Å²) in [7, 11) is 0. The molecule has 0 spiro atoms. The van der Waals surface area contributed by atoms with Crippen LogP contribution >= 0.6 is 18.0 Å². The lowest BCUT2D eigenvalue weighted by atomic mass is 10.2. The van der Waals surface area contributed by atoms with Gasteiger partial charge in [0.25, 0.3) is 0 Å². The van der Waals surface area contributed by atoms with Gasteiger partial charge in [0.05, 0.1) is 0 Å². The van der Waals surface area contributed by atoms with Crippen LogP contribution in [0.15, 0.2) is 30.3 Å². The van der Waals surface area contributed by atoms with Crippen molar-refractivity contribution < 1.29 is 4.57 Å². The van der Waals surface area contributed by atoms with Crippen LogP contribution in [0.1, 0.15) is 12.8 Å². The molecule has 5 heteroatoms. The van der Waals surface area contributed by atoms with Gasteiger partial charge in [-0.2, -0.15) is 0 Å². The first kappa shape index (κ1) is 10.6. The number of halogens is 1. The van der Waals surface area contributed by atoms with E-state index in [-0.39, 0.29) is 0 Å². The Hall–Kier alpha value is -0.500. The van der Waals surface area contributed by atoms with Crippen LogP contribution in [0.3, 0.4) is 0 Å². The number of rotatable bonds is 1. The number of hydrogen-bond donors (Lipinski definition) is 0. The van der Waals surface area contributed by atoms with Crippen LogP contribution in [0.2, 0.25) is 0 Å². The van der Waals surface area contributed by atoms with Crippen LogP contribution in [0, 0.1) is 0 Å². The normalized spacial score (nSPS) is 34.3. The molecular weight excluding hydrogens is 243 g/mol. The lowest BCUT2D eigenvalue weighted by Gasteiger charge is -2.24. The van der Waals surface area contributed by atoms with Crippen molar-refractivity contribution in [1.82, 2.24) is 4.67 Å². The molecule has 3 rings (SSSR count). The Labute approximate surface area is 100 Å². The molecule has 3 nitrogen and oxygen atoms in total. The van der Waals surface area contributed by atoms with Gasteiger partial charge >= 0.3 is 6.80 Å². The van der Waals surface area contributed by atoms with Crippen LogP contribution in [-0.4, -0.2) is 23.8 Å². The second-order valence-electron chi connectivity index (χ2n) is 4.35. The molecule has 1 unspecified atom stereocenters. The molecule has 2 fully saturated rings. The minimum Gasteiger partial charge on any atom is -0.298 e. The largest absolute Gasteiger partial charge is 0.328 e. The van der Waals surface area contributed by atoms with Crippen molar-refractivity contribution in [2.45, 2.75) is 18.9 Å². The van der Waals surface area contributed by atoms with Gasteiger partial charge in [-0.3, -0.25) is 9.24 Å². The van der Waals surface area contributed by atoms with Crippen molar-refractivity contribution in [3.8, 4) is 0 Å². The number of anilines is 1. The predicted octanol–water partition coefficient (Wildman–Crippen LogP) is 3.32. The van der Waals surface area contributed by atoms with Crippen molar-refractivity contribution in [1.29, 1.82) is 0 Å². The Bertz CT molecular complexity index is 439. The number of fused-ring (bicyclic) bond motifs is 1. The van der Waals surface area contributed by atoms with Crippen molar-refractivity contribution >= 4 is 23.7 Å². The van der Waals surface area contributed by atoms with Crippen molar-refractivity contribution in [3.05, 3.63) is 30.3 Å². The van der Waals surface area contributed by atoms with E-state index >= 15 is 0 Å². The fourth-order valence-corrected chi connectivity index (χ4v) is 5.73. The van der Waals surface area contributed by atoms with Crippen molar-refractivity contribution in [2.75, 3.05) is 17.8 Å². The lowest BCUT2D eigenvalue weighted by Crippen LogP contribution is -2.20. The highest BCUT2D eigenvalue weighted by atomic mass is 35.7. The summed E-state index contributed by atoms with van der Waals surface area (Å²) in [5.74, 6) is 0. The molecule has 0 saturated carbocycles. The average Bonchev–Trinajstić information content (AvgIpc) is 2.83. The van der Waals surface area contributed by atoms with E-state index in [0.717, 1.165) is 31.6 Å². The van der Waals surface area contributed by atoms with Crippen LogP contribution in [0.4, 0.5) is 5.69 Å². The topological polar surface area (TPSA) is 23.6 Å². The molecule has 0 N–H and O–H groups in total. The molecule has 1 aromatic rings. The number of nitrogens with zero attached hydrogens (tertiary/aromatic N) is 2. The zero-order chi connectivity index (χ0) is 11.2. The van der Waals surface area contributed by atoms with E-state index in [1.165, 1.54) is 0 Å². The standard InChI is InChI=1S/C11H14ClN2OP/c12-16(15)13-8-4-7-11(13)9-14(16)10-5-2-1-3-6-10/h1-3,5-6,11H,4,7-9H2/t11-,16?/m0/s1. The Morgan fingerprint density at radius 1 is 1.31 bits per heavy atom. The molecule has 86 valence electrons. The van der Waals surface area contributed by atoms with Crippen molar-refractivity contribution in [3.63, 3.8) is 0 Å². The number of benzene rings is 1. The monoisotopic (exact) mass is 256 g/mol. The summed E-state index contributed by atoms with van der Waals surface area (Å²) >= 11 is 6.28. The molecule has 2 aliphatic heterocycles. The molecule has 0 aliphatic carbocycles. The fraction of sp³-hybridized carbons (Fsp3) is 0.455. The Balaban J connectivity index is 1.96. The van der Waals surface area contributed by atoms with Crippen LogP contribution in [0.5, 0.6) is 0 Å². The second-order valence-corrected chi connectivity index (χ2v) is 7.61. The summed E-state index contributed by atoms with van der Waals surface area (Å²) in [6, 6.07) is 10.2. The highest BCUT2D eigenvalue weighted by Crippen LogP contribution is 2.66. The maximum Gasteiger partial charge on any atom is 0.328 e. The summed E-state index contributed by atoms with van der Waals surface area (Å²) in [6.07, 6.45) is 2.23. The third kappa shape index (κ3) is 1.50. The summed E-state index contributed by atoms with van der Waals surface area (Å²) in [4.78, 5) is 0. The molecule has 2 aliphatic rings. The van der Waals surface area contributed by atoms with E-state index in [1.54, 1.807) is 0 Å². The molecule has 2 saturated heterocycles. The van der Waals surface area contributed by atoms with E-state index in [4.69, 9.17) is 11.2 Å². The first-order valence-electron chi connectivity index (χ1n) is 5.59. The minimum atomic E-state index is -2.84. The lowest BCUT2D eigenvalue weighted by molar-refractivity contribution is 0.439. The highest BCUT2D eigenvalue weighted by Gasteiger charge is 2.49. The van der Waals surface area contributed by atoms with Gasteiger partial charge in [0.15, 0.2) is 0 Å². The first-order valence-corrected chi connectivity index (χ1v) is 8.11. The minimum absolute atomic E-state index is 0.378. The Kier molecular flexibility index (Phi) is 2.50. The highest BCUT2D eigenvalue weighted by molar-refractivity contribution is 7.88. The average molecular weight is 257 g/mol. The summed E-state index contributed by atoms with van der Waals surface area (Å²) in [5.41, 5.74) is 0.968. The molecule has 2 atom stereocenters. The quantitative estimate of drug-likeness (QED) is 0.720. The van der Waals surface area contributed by atoms with Gasteiger partial charge in [0.2, 0.25) is 0 Å².